The fourth-order valence-electron chi connectivity index (χ4n) is 4.88. The highest BCUT2D eigenvalue weighted by Gasteiger charge is 2.47. The number of benzene rings is 3. The van der Waals surface area contributed by atoms with Crippen LogP contribution in [-0.2, 0) is 4.79 Å². The van der Waals surface area contributed by atoms with Crippen LogP contribution in [0.25, 0.3) is 11.1 Å². The molecule has 0 aliphatic heterocycles. The number of fused-ring (bicyclic) bond motifs is 4. The Bertz CT molecular complexity index is 1400. The van der Waals surface area contributed by atoms with Crippen LogP contribution < -0.4 is 0 Å². The van der Waals surface area contributed by atoms with Crippen molar-refractivity contribution in [1.82, 2.24) is 0 Å². The number of ketones is 2. The number of Topliss-reactive ketones (excluding diaryl/α,β-unsaturated/α-hetero) is 2. The minimum absolute atomic E-state index is 0.0390. The largest absolute Gasteiger partial charge is 0.293 e. The SMILES string of the molecule is O=C1C2=C(C3=C(c4ccc(Br)cc4)C(=O)C(c4ccc(Br)cc4)C3=C2)c2ccccc21. The maximum atomic E-state index is 13.8. The normalized spacial score (nSPS) is 19.0. The van der Waals surface area contributed by atoms with Crippen LogP contribution in [0.15, 0.2) is 105 Å². The molecule has 0 saturated heterocycles. The van der Waals surface area contributed by atoms with E-state index >= 15 is 0 Å². The second-order valence-electron chi connectivity index (χ2n) is 7.87. The molecule has 0 saturated carbocycles. The van der Waals surface area contributed by atoms with Crippen molar-refractivity contribution in [3.05, 3.63) is 127 Å². The highest BCUT2D eigenvalue weighted by atomic mass is 79.9. The van der Waals surface area contributed by atoms with Gasteiger partial charge in [0, 0.05) is 31.2 Å². The van der Waals surface area contributed by atoms with Gasteiger partial charge in [0.05, 0.1) is 5.92 Å². The standard InChI is InChI=1S/C27H14Br2O2/c28-16-9-5-14(6-10-16)22-20-13-21-24(18-3-1-2-4-19(18)26(21)30)25(20)23(27(22)31)15-7-11-17(29)12-8-15/h1-13,22H. The van der Waals surface area contributed by atoms with Crippen LogP contribution in [-0.4, -0.2) is 11.6 Å². The number of hydrogen-bond donors (Lipinski definition) is 0. The van der Waals surface area contributed by atoms with E-state index in [4.69, 9.17) is 0 Å². The zero-order valence-electron chi connectivity index (χ0n) is 16.2. The Labute approximate surface area is 196 Å². The van der Waals surface area contributed by atoms with E-state index in [1.165, 1.54) is 0 Å². The van der Waals surface area contributed by atoms with Crippen molar-refractivity contribution in [1.29, 1.82) is 0 Å². The van der Waals surface area contributed by atoms with Crippen molar-refractivity contribution in [3.8, 4) is 0 Å². The Morgan fingerprint density at radius 3 is 1.94 bits per heavy atom. The van der Waals surface area contributed by atoms with Crippen LogP contribution in [0.4, 0.5) is 0 Å². The van der Waals surface area contributed by atoms with Gasteiger partial charge in [-0.3, -0.25) is 9.59 Å². The van der Waals surface area contributed by atoms with Crippen LogP contribution in [0, 0.1) is 0 Å². The highest BCUT2D eigenvalue weighted by Crippen LogP contribution is 2.56. The summed E-state index contributed by atoms with van der Waals surface area (Å²) < 4.78 is 1.92. The Balaban J connectivity index is 1.61. The van der Waals surface area contributed by atoms with Crippen molar-refractivity contribution >= 4 is 54.6 Å². The summed E-state index contributed by atoms with van der Waals surface area (Å²) in [5, 5.41) is 0. The zero-order chi connectivity index (χ0) is 21.3. The van der Waals surface area contributed by atoms with E-state index in [1.54, 1.807) is 0 Å². The monoisotopic (exact) mass is 528 g/mol. The maximum absolute atomic E-state index is 13.8. The van der Waals surface area contributed by atoms with E-state index in [0.717, 1.165) is 42.4 Å². The van der Waals surface area contributed by atoms with Crippen molar-refractivity contribution in [2.45, 2.75) is 5.92 Å². The third-order valence-corrected chi connectivity index (χ3v) is 7.26. The molecular formula is C27H14Br2O2. The average molecular weight is 530 g/mol. The summed E-state index contributed by atoms with van der Waals surface area (Å²) in [5.41, 5.74) is 7.59. The van der Waals surface area contributed by atoms with Gasteiger partial charge < -0.3 is 0 Å². The fraction of sp³-hybridized carbons (Fsp3) is 0.0370. The molecule has 0 heterocycles. The minimum atomic E-state index is -0.410. The van der Waals surface area contributed by atoms with Crippen molar-refractivity contribution < 1.29 is 9.59 Å². The molecule has 0 N–H and O–H groups in total. The predicted octanol–water partition coefficient (Wildman–Crippen LogP) is 6.92. The van der Waals surface area contributed by atoms with Gasteiger partial charge in [-0.15, -0.1) is 0 Å². The van der Waals surface area contributed by atoms with E-state index in [2.05, 4.69) is 31.9 Å². The Kier molecular flexibility index (Phi) is 4.17. The summed E-state index contributed by atoms with van der Waals surface area (Å²) >= 11 is 6.96. The molecule has 3 aliphatic rings. The van der Waals surface area contributed by atoms with Gasteiger partial charge in [0.15, 0.2) is 11.6 Å². The van der Waals surface area contributed by atoms with Crippen LogP contribution in [0.5, 0.6) is 0 Å². The smallest absolute Gasteiger partial charge is 0.194 e. The molecule has 1 unspecified atom stereocenters. The van der Waals surface area contributed by atoms with E-state index < -0.39 is 5.92 Å². The van der Waals surface area contributed by atoms with Crippen LogP contribution >= 0.6 is 31.9 Å². The number of hydrogen-bond acceptors (Lipinski definition) is 2. The molecule has 2 nitrogen and oxygen atoms in total. The van der Waals surface area contributed by atoms with Gasteiger partial charge in [-0.1, -0.05) is 80.4 Å². The Hall–Kier alpha value is -2.82. The first-order chi connectivity index (χ1) is 15.0. The molecule has 0 spiro atoms. The molecule has 3 aliphatic carbocycles. The molecule has 0 fully saturated rings. The topological polar surface area (TPSA) is 34.1 Å². The van der Waals surface area contributed by atoms with Crippen molar-refractivity contribution in [2.75, 3.05) is 0 Å². The van der Waals surface area contributed by atoms with E-state index in [-0.39, 0.29) is 11.6 Å². The zero-order valence-corrected chi connectivity index (χ0v) is 19.3. The van der Waals surface area contributed by atoms with Gasteiger partial charge in [-0.05, 0) is 58.2 Å². The lowest BCUT2D eigenvalue weighted by Gasteiger charge is -2.13. The van der Waals surface area contributed by atoms with E-state index in [1.807, 2.05) is 78.9 Å². The van der Waals surface area contributed by atoms with Gasteiger partial charge in [0.25, 0.3) is 0 Å². The quantitative estimate of drug-likeness (QED) is 0.361. The maximum Gasteiger partial charge on any atom is 0.194 e. The van der Waals surface area contributed by atoms with Crippen molar-refractivity contribution in [3.63, 3.8) is 0 Å². The molecule has 1 atom stereocenters. The fourth-order valence-corrected chi connectivity index (χ4v) is 5.41. The first-order valence-electron chi connectivity index (χ1n) is 9.95. The van der Waals surface area contributed by atoms with Gasteiger partial charge in [0.2, 0.25) is 0 Å². The molecule has 0 bridgehead atoms. The first-order valence-corrected chi connectivity index (χ1v) is 11.5. The molecular weight excluding hydrogens is 516 g/mol. The summed E-state index contributed by atoms with van der Waals surface area (Å²) in [6.45, 7) is 0. The second kappa shape index (κ2) is 6.84. The van der Waals surface area contributed by atoms with Gasteiger partial charge in [-0.25, -0.2) is 0 Å². The summed E-state index contributed by atoms with van der Waals surface area (Å²) in [7, 11) is 0. The first kappa shape index (κ1) is 18.9. The molecule has 0 amide bonds. The summed E-state index contributed by atoms with van der Waals surface area (Å²) in [4.78, 5) is 27.0. The molecule has 6 rings (SSSR count). The number of halogens is 2. The molecule has 3 aromatic rings. The van der Waals surface area contributed by atoms with Crippen LogP contribution in [0.1, 0.15) is 33.0 Å². The van der Waals surface area contributed by atoms with Crippen LogP contribution in [0.2, 0.25) is 0 Å². The van der Waals surface area contributed by atoms with E-state index in [0.29, 0.717) is 16.7 Å². The molecule has 3 aromatic carbocycles. The molecule has 4 heteroatoms. The lowest BCUT2D eigenvalue weighted by Crippen LogP contribution is -2.10. The third kappa shape index (κ3) is 2.68. The second-order valence-corrected chi connectivity index (χ2v) is 9.70. The molecule has 0 radical (unpaired) electrons. The number of allylic oxidation sites excluding steroid dienone is 6. The predicted molar refractivity (Wildman–Crippen MR) is 129 cm³/mol. The number of rotatable bonds is 2. The molecule has 148 valence electrons. The number of carbonyl (C=O) groups excluding carboxylic acids is 2. The minimum Gasteiger partial charge on any atom is -0.293 e. The van der Waals surface area contributed by atoms with Gasteiger partial charge >= 0.3 is 0 Å². The highest BCUT2D eigenvalue weighted by molar-refractivity contribution is 9.10. The Morgan fingerprint density at radius 2 is 1.26 bits per heavy atom. The number of carbonyl (C=O) groups is 2. The molecule has 0 aromatic heterocycles. The van der Waals surface area contributed by atoms with Gasteiger partial charge in [-0.2, -0.15) is 0 Å². The lowest BCUT2D eigenvalue weighted by molar-refractivity contribution is -0.113. The third-order valence-electron chi connectivity index (χ3n) is 6.20. The van der Waals surface area contributed by atoms with Gasteiger partial charge in [0.1, 0.15) is 0 Å². The van der Waals surface area contributed by atoms with Crippen molar-refractivity contribution in [2.24, 2.45) is 0 Å². The summed E-state index contributed by atoms with van der Waals surface area (Å²) in [5.74, 6) is -0.293. The molecule has 31 heavy (non-hydrogen) atoms. The van der Waals surface area contributed by atoms with E-state index in [9.17, 15) is 9.59 Å². The summed E-state index contributed by atoms with van der Waals surface area (Å²) in [6.07, 6.45) is 1.95. The lowest BCUT2D eigenvalue weighted by atomic mass is 9.89. The Morgan fingerprint density at radius 1 is 0.645 bits per heavy atom. The summed E-state index contributed by atoms with van der Waals surface area (Å²) in [6, 6.07) is 23.4. The van der Waals surface area contributed by atoms with Crippen LogP contribution in [0.3, 0.4) is 0 Å². The average Bonchev–Trinajstić information content (AvgIpc) is 3.37.